The lowest BCUT2D eigenvalue weighted by atomic mass is 10.2. The van der Waals surface area contributed by atoms with Crippen molar-refractivity contribution in [3.63, 3.8) is 0 Å². The summed E-state index contributed by atoms with van der Waals surface area (Å²) in [5.74, 6) is 1.18. The average Bonchev–Trinajstić information content (AvgIpc) is 2.58. The maximum Gasteiger partial charge on any atom is 0.226 e. The van der Waals surface area contributed by atoms with Crippen molar-refractivity contribution in [2.45, 2.75) is 6.42 Å². The Labute approximate surface area is 150 Å². The van der Waals surface area contributed by atoms with Crippen LogP contribution in [0.4, 0.5) is 11.4 Å². The third kappa shape index (κ3) is 4.69. The summed E-state index contributed by atoms with van der Waals surface area (Å²) in [6.45, 7) is 0.414. The maximum atomic E-state index is 12.1. The summed E-state index contributed by atoms with van der Waals surface area (Å²) >= 11 is 12.1. The van der Waals surface area contributed by atoms with Crippen LogP contribution in [0.3, 0.4) is 0 Å². The smallest absolute Gasteiger partial charge is 0.226 e. The Kier molecular flexibility index (Phi) is 6.58. The van der Waals surface area contributed by atoms with Crippen LogP contribution >= 0.6 is 23.2 Å². The van der Waals surface area contributed by atoms with E-state index in [-0.39, 0.29) is 12.3 Å². The fourth-order valence-corrected chi connectivity index (χ4v) is 2.57. The Hall–Kier alpha value is -2.11. The molecule has 0 unspecified atom stereocenters. The Morgan fingerprint density at radius 1 is 1.08 bits per heavy atom. The third-order valence-corrected chi connectivity index (χ3v) is 3.93. The standard InChI is InChI=1S/C17H18Cl2N2O3/c1-23-11-6-7-15(24-2)14(10-11)20-9-8-16(22)21-17-12(18)4-3-5-13(17)19/h3-7,10,20H,8-9H2,1-2H3,(H,21,22). The minimum atomic E-state index is -0.195. The van der Waals surface area contributed by atoms with Gasteiger partial charge in [0.2, 0.25) is 5.91 Å². The fraction of sp³-hybridized carbons (Fsp3) is 0.235. The molecule has 2 rings (SSSR count). The van der Waals surface area contributed by atoms with Crippen molar-refractivity contribution in [2.75, 3.05) is 31.4 Å². The van der Waals surface area contributed by atoms with Crippen LogP contribution in [0.15, 0.2) is 36.4 Å². The first-order chi connectivity index (χ1) is 11.5. The third-order valence-electron chi connectivity index (χ3n) is 3.30. The molecule has 0 fully saturated rings. The minimum absolute atomic E-state index is 0.195. The SMILES string of the molecule is COc1ccc(OC)c(NCCC(=O)Nc2c(Cl)cccc2Cl)c1. The Morgan fingerprint density at radius 2 is 1.79 bits per heavy atom. The normalized spacial score (nSPS) is 10.2. The number of hydrogen-bond acceptors (Lipinski definition) is 4. The van der Waals surface area contributed by atoms with E-state index in [0.29, 0.717) is 33.8 Å². The highest BCUT2D eigenvalue weighted by atomic mass is 35.5. The zero-order valence-electron chi connectivity index (χ0n) is 13.4. The molecule has 7 heteroatoms. The first-order valence-electron chi connectivity index (χ1n) is 7.25. The molecule has 0 heterocycles. The monoisotopic (exact) mass is 368 g/mol. The number of halogens is 2. The summed E-state index contributed by atoms with van der Waals surface area (Å²) in [4.78, 5) is 12.1. The summed E-state index contributed by atoms with van der Waals surface area (Å²) < 4.78 is 10.5. The highest BCUT2D eigenvalue weighted by Crippen LogP contribution is 2.30. The van der Waals surface area contributed by atoms with Crippen LogP contribution in [-0.2, 0) is 4.79 Å². The lowest BCUT2D eigenvalue weighted by Crippen LogP contribution is -2.17. The summed E-state index contributed by atoms with van der Waals surface area (Å²) in [5, 5.41) is 6.67. The van der Waals surface area contributed by atoms with E-state index in [9.17, 15) is 4.79 Å². The number of hydrogen-bond donors (Lipinski definition) is 2. The van der Waals surface area contributed by atoms with Gasteiger partial charge < -0.3 is 20.1 Å². The number of ether oxygens (including phenoxy) is 2. The van der Waals surface area contributed by atoms with Gasteiger partial charge in [0.1, 0.15) is 11.5 Å². The molecule has 128 valence electrons. The number of methoxy groups -OCH3 is 2. The van der Waals surface area contributed by atoms with Gasteiger partial charge in [0.05, 0.1) is 35.6 Å². The Balaban J connectivity index is 1.93. The van der Waals surface area contributed by atoms with Gasteiger partial charge in [-0.25, -0.2) is 0 Å². The summed E-state index contributed by atoms with van der Waals surface area (Å²) in [6.07, 6.45) is 0.238. The molecule has 24 heavy (non-hydrogen) atoms. The number of anilines is 2. The van der Waals surface area contributed by atoms with E-state index in [1.165, 1.54) is 0 Å². The molecule has 2 aromatic rings. The number of rotatable bonds is 7. The van der Waals surface area contributed by atoms with Gasteiger partial charge in [-0.3, -0.25) is 4.79 Å². The largest absolute Gasteiger partial charge is 0.497 e. The molecular formula is C17H18Cl2N2O3. The predicted molar refractivity (Wildman–Crippen MR) is 97.7 cm³/mol. The van der Waals surface area contributed by atoms with Crippen LogP contribution in [0.1, 0.15) is 6.42 Å². The molecule has 0 aliphatic rings. The van der Waals surface area contributed by atoms with Crippen LogP contribution in [-0.4, -0.2) is 26.7 Å². The van der Waals surface area contributed by atoms with Gasteiger partial charge in [-0.15, -0.1) is 0 Å². The van der Waals surface area contributed by atoms with Crippen LogP contribution in [0.5, 0.6) is 11.5 Å². The molecule has 0 saturated carbocycles. The van der Waals surface area contributed by atoms with Gasteiger partial charge in [-0.2, -0.15) is 0 Å². The van der Waals surface area contributed by atoms with Crippen LogP contribution in [0, 0.1) is 0 Å². The average molecular weight is 369 g/mol. The topological polar surface area (TPSA) is 59.6 Å². The lowest BCUT2D eigenvalue weighted by Gasteiger charge is -2.13. The van der Waals surface area contributed by atoms with E-state index >= 15 is 0 Å². The maximum absolute atomic E-state index is 12.1. The van der Waals surface area contributed by atoms with Gasteiger partial charge in [-0.05, 0) is 24.3 Å². The molecule has 2 aromatic carbocycles. The van der Waals surface area contributed by atoms with E-state index in [1.54, 1.807) is 44.6 Å². The van der Waals surface area contributed by atoms with E-state index in [1.807, 2.05) is 6.07 Å². The van der Waals surface area contributed by atoms with Crippen LogP contribution < -0.4 is 20.1 Å². The van der Waals surface area contributed by atoms with Gasteiger partial charge in [-0.1, -0.05) is 29.3 Å². The lowest BCUT2D eigenvalue weighted by molar-refractivity contribution is -0.115. The molecule has 0 saturated heterocycles. The van der Waals surface area contributed by atoms with Crippen molar-refractivity contribution >= 4 is 40.5 Å². The summed E-state index contributed by atoms with van der Waals surface area (Å²) in [6, 6.07) is 10.5. The molecule has 1 amide bonds. The van der Waals surface area contributed by atoms with Gasteiger partial charge in [0.25, 0.3) is 0 Å². The molecule has 0 spiro atoms. The molecule has 0 radical (unpaired) electrons. The molecular weight excluding hydrogens is 351 g/mol. The summed E-state index contributed by atoms with van der Waals surface area (Å²) in [7, 11) is 3.17. The quantitative estimate of drug-likeness (QED) is 0.757. The van der Waals surface area contributed by atoms with Gasteiger partial charge in [0.15, 0.2) is 0 Å². The van der Waals surface area contributed by atoms with Crippen molar-refractivity contribution in [1.29, 1.82) is 0 Å². The zero-order valence-corrected chi connectivity index (χ0v) is 14.9. The minimum Gasteiger partial charge on any atom is -0.497 e. The number of nitrogens with one attached hydrogen (secondary N) is 2. The zero-order chi connectivity index (χ0) is 17.5. The van der Waals surface area contributed by atoms with Gasteiger partial charge in [0, 0.05) is 19.0 Å². The second kappa shape index (κ2) is 8.66. The van der Waals surface area contributed by atoms with Crippen molar-refractivity contribution in [1.82, 2.24) is 0 Å². The van der Waals surface area contributed by atoms with Gasteiger partial charge >= 0.3 is 0 Å². The Bertz CT molecular complexity index is 703. The van der Waals surface area contributed by atoms with Crippen LogP contribution in [0.25, 0.3) is 0 Å². The number of carbonyl (C=O) groups excluding carboxylic acids is 1. The van der Waals surface area contributed by atoms with E-state index in [0.717, 1.165) is 5.69 Å². The molecule has 0 aliphatic heterocycles. The summed E-state index contributed by atoms with van der Waals surface area (Å²) in [5.41, 5.74) is 1.17. The number of amides is 1. The molecule has 2 N–H and O–H groups in total. The van der Waals surface area contributed by atoms with Crippen molar-refractivity contribution in [2.24, 2.45) is 0 Å². The molecule has 0 bridgehead atoms. The van der Waals surface area contributed by atoms with E-state index in [2.05, 4.69) is 10.6 Å². The van der Waals surface area contributed by atoms with Crippen molar-refractivity contribution in [3.8, 4) is 11.5 Å². The van der Waals surface area contributed by atoms with Crippen LogP contribution in [0.2, 0.25) is 10.0 Å². The molecule has 0 atom stereocenters. The highest BCUT2D eigenvalue weighted by molar-refractivity contribution is 6.39. The second-order valence-corrected chi connectivity index (χ2v) is 5.70. The first-order valence-corrected chi connectivity index (χ1v) is 8.00. The second-order valence-electron chi connectivity index (χ2n) is 4.89. The molecule has 0 aromatic heterocycles. The Morgan fingerprint density at radius 3 is 2.42 bits per heavy atom. The number of para-hydroxylation sites is 1. The fourth-order valence-electron chi connectivity index (χ4n) is 2.08. The number of benzene rings is 2. The molecule has 0 aliphatic carbocycles. The van der Waals surface area contributed by atoms with Crippen molar-refractivity contribution in [3.05, 3.63) is 46.4 Å². The van der Waals surface area contributed by atoms with E-state index in [4.69, 9.17) is 32.7 Å². The highest BCUT2D eigenvalue weighted by Gasteiger charge is 2.10. The van der Waals surface area contributed by atoms with E-state index < -0.39 is 0 Å². The molecule has 5 nitrogen and oxygen atoms in total. The first kappa shape index (κ1) is 18.2. The number of carbonyl (C=O) groups is 1. The predicted octanol–water partition coefficient (Wildman–Crippen LogP) is 4.45. The van der Waals surface area contributed by atoms with Crippen molar-refractivity contribution < 1.29 is 14.3 Å².